The van der Waals surface area contributed by atoms with Crippen molar-refractivity contribution in [2.75, 3.05) is 6.61 Å². The molecule has 22 heavy (non-hydrogen) atoms. The molecule has 3 aromatic rings. The van der Waals surface area contributed by atoms with E-state index < -0.39 is 5.63 Å². The van der Waals surface area contributed by atoms with Crippen molar-refractivity contribution in [3.05, 3.63) is 56.9 Å². The van der Waals surface area contributed by atoms with Crippen LogP contribution in [0.1, 0.15) is 6.92 Å². The van der Waals surface area contributed by atoms with Gasteiger partial charge in [-0.1, -0.05) is 23.2 Å². The van der Waals surface area contributed by atoms with Crippen LogP contribution < -0.4 is 10.4 Å². The second-order valence-electron chi connectivity index (χ2n) is 4.55. The highest BCUT2D eigenvalue weighted by Crippen LogP contribution is 2.30. The summed E-state index contributed by atoms with van der Waals surface area (Å²) in [5.41, 5.74) is 0.621. The Morgan fingerprint density at radius 2 is 2.00 bits per heavy atom. The van der Waals surface area contributed by atoms with Crippen LogP contribution in [0, 0.1) is 0 Å². The molecule has 0 amide bonds. The Balaban J connectivity index is 2.12. The predicted molar refractivity (Wildman–Crippen MR) is 86.9 cm³/mol. The van der Waals surface area contributed by atoms with Crippen LogP contribution in [0.4, 0.5) is 0 Å². The molecule has 0 aliphatic heterocycles. The molecule has 1 aromatic heterocycles. The molecule has 112 valence electrons. The van der Waals surface area contributed by atoms with Gasteiger partial charge < -0.3 is 9.15 Å². The van der Waals surface area contributed by atoms with E-state index in [0.717, 1.165) is 0 Å². The van der Waals surface area contributed by atoms with Gasteiger partial charge in [0, 0.05) is 10.6 Å². The molecular weight excluding hydrogens is 325 g/mol. The number of rotatable bonds is 3. The van der Waals surface area contributed by atoms with Gasteiger partial charge in [-0.15, -0.1) is 0 Å². The van der Waals surface area contributed by atoms with Crippen molar-refractivity contribution in [2.45, 2.75) is 6.92 Å². The molecule has 0 aliphatic rings. The van der Waals surface area contributed by atoms with Crippen molar-refractivity contribution >= 4 is 34.1 Å². The van der Waals surface area contributed by atoms with E-state index in [1.54, 1.807) is 30.3 Å². The summed E-state index contributed by atoms with van der Waals surface area (Å²) in [4.78, 5) is 16.4. The van der Waals surface area contributed by atoms with Gasteiger partial charge >= 0.3 is 5.63 Å². The Morgan fingerprint density at radius 3 is 2.73 bits per heavy atom. The molecule has 0 radical (unpaired) electrons. The highest BCUT2D eigenvalue weighted by Gasteiger charge is 2.11. The summed E-state index contributed by atoms with van der Waals surface area (Å²) >= 11 is 12.0. The third-order valence-corrected chi connectivity index (χ3v) is 3.60. The normalized spacial score (nSPS) is 10.9. The molecule has 0 spiro atoms. The van der Waals surface area contributed by atoms with Crippen molar-refractivity contribution in [1.82, 2.24) is 4.98 Å². The summed E-state index contributed by atoms with van der Waals surface area (Å²) in [6, 6.07) is 9.99. The lowest BCUT2D eigenvalue weighted by atomic mass is 10.2. The van der Waals surface area contributed by atoms with Gasteiger partial charge in [0.2, 0.25) is 5.89 Å². The predicted octanol–water partition coefficient (Wildman–Crippen LogP) is 4.56. The summed E-state index contributed by atoms with van der Waals surface area (Å²) in [5, 5.41) is 1.23. The highest BCUT2D eigenvalue weighted by molar-refractivity contribution is 6.32. The second-order valence-corrected chi connectivity index (χ2v) is 5.39. The van der Waals surface area contributed by atoms with Crippen LogP contribution in [0.3, 0.4) is 0 Å². The summed E-state index contributed by atoms with van der Waals surface area (Å²) in [6.07, 6.45) is 0. The first-order chi connectivity index (χ1) is 10.6. The van der Waals surface area contributed by atoms with Crippen LogP contribution in [0.15, 0.2) is 45.6 Å². The zero-order valence-corrected chi connectivity index (χ0v) is 13.1. The van der Waals surface area contributed by atoms with Gasteiger partial charge in [-0.3, -0.25) is 0 Å². The lowest BCUT2D eigenvalue weighted by Crippen LogP contribution is -2.03. The van der Waals surface area contributed by atoms with E-state index in [1.807, 2.05) is 6.92 Å². The number of benzene rings is 2. The minimum atomic E-state index is -0.493. The monoisotopic (exact) mass is 335 g/mol. The Hall–Kier alpha value is -2.04. The van der Waals surface area contributed by atoms with E-state index in [4.69, 9.17) is 32.4 Å². The van der Waals surface area contributed by atoms with Gasteiger partial charge in [0.05, 0.1) is 22.5 Å². The van der Waals surface area contributed by atoms with Gasteiger partial charge in [-0.2, -0.15) is 0 Å². The number of hydrogen-bond donors (Lipinski definition) is 0. The van der Waals surface area contributed by atoms with Gasteiger partial charge in [0.15, 0.2) is 0 Å². The third-order valence-electron chi connectivity index (χ3n) is 3.07. The molecule has 0 fully saturated rings. The number of nitrogens with zero attached hydrogens (tertiary/aromatic N) is 1. The fourth-order valence-corrected chi connectivity index (χ4v) is 2.48. The van der Waals surface area contributed by atoms with Gasteiger partial charge in [0.1, 0.15) is 5.75 Å². The molecule has 0 N–H and O–H groups in total. The first-order valence-electron chi connectivity index (χ1n) is 6.61. The Morgan fingerprint density at radius 1 is 1.18 bits per heavy atom. The quantitative estimate of drug-likeness (QED) is 0.703. The van der Waals surface area contributed by atoms with E-state index in [0.29, 0.717) is 38.9 Å². The van der Waals surface area contributed by atoms with E-state index in [-0.39, 0.29) is 5.89 Å². The molecule has 2 aromatic carbocycles. The number of fused-ring (bicyclic) bond motifs is 1. The number of halogens is 2. The molecule has 4 nitrogen and oxygen atoms in total. The molecule has 6 heteroatoms. The smallest absolute Gasteiger partial charge is 0.347 e. The lowest BCUT2D eigenvalue weighted by molar-refractivity contribution is 0.340. The van der Waals surface area contributed by atoms with Gasteiger partial charge in [0.25, 0.3) is 0 Å². The van der Waals surface area contributed by atoms with Crippen LogP contribution >= 0.6 is 23.2 Å². The molecule has 0 saturated heterocycles. The van der Waals surface area contributed by atoms with Crippen LogP contribution in [0.2, 0.25) is 10.0 Å². The fourth-order valence-electron chi connectivity index (χ4n) is 2.07. The van der Waals surface area contributed by atoms with Crippen molar-refractivity contribution in [3.8, 4) is 17.2 Å². The summed E-state index contributed by atoms with van der Waals surface area (Å²) in [6.45, 7) is 2.39. The number of hydrogen-bond acceptors (Lipinski definition) is 4. The van der Waals surface area contributed by atoms with Crippen LogP contribution in [0.5, 0.6) is 5.75 Å². The minimum Gasteiger partial charge on any atom is -0.492 e. The fraction of sp³-hybridized carbons (Fsp3) is 0.125. The lowest BCUT2D eigenvalue weighted by Gasteiger charge is -2.07. The van der Waals surface area contributed by atoms with E-state index in [9.17, 15) is 4.79 Å². The van der Waals surface area contributed by atoms with E-state index >= 15 is 0 Å². The maximum atomic E-state index is 12.1. The topological polar surface area (TPSA) is 52.3 Å². The molecule has 0 aliphatic carbocycles. The zero-order valence-electron chi connectivity index (χ0n) is 11.6. The molecule has 1 heterocycles. The zero-order chi connectivity index (χ0) is 15.7. The Labute approximate surface area is 136 Å². The second kappa shape index (κ2) is 5.99. The van der Waals surface area contributed by atoms with Crippen molar-refractivity contribution < 1.29 is 9.15 Å². The first-order valence-corrected chi connectivity index (χ1v) is 7.37. The summed E-state index contributed by atoms with van der Waals surface area (Å²) in [7, 11) is 0. The van der Waals surface area contributed by atoms with Crippen molar-refractivity contribution in [3.63, 3.8) is 0 Å². The SMILES string of the molecule is CCOc1ccc(-c2nc3ccc(Cl)cc3c(=O)o2)cc1Cl. The van der Waals surface area contributed by atoms with Crippen LogP contribution in [0.25, 0.3) is 22.4 Å². The summed E-state index contributed by atoms with van der Waals surface area (Å²) < 4.78 is 10.6. The van der Waals surface area contributed by atoms with E-state index in [2.05, 4.69) is 4.98 Å². The largest absolute Gasteiger partial charge is 0.492 e. The average molecular weight is 336 g/mol. The molecule has 0 saturated carbocycles. The van der Waals surface area contributed by atoms with Crippen LogP contribution in [-0.4, -0.2) is 11.6 Å². The molecular formula is C16H11Cl2NO3. The van der Waals surface area contributed by atoms with Crippen LogP contribution in [-0.2, 0) is 0 Å². The standard InChI is InChI=1S/C16H11Cl2NO3/c1-2-21-14-6-3-9(7-12(14)18)15-19-13-5-4-10(17)8-11(13)16(20)22-15/h3-8H,2H2,1H3. The first kappa shape index (κ1) is 14.9. The van der Waals surface area contributed by atoms with Gasteiger partial charge in [-0.05, 0) is 43.3 Å². The average Bonchev–Trinajstić information content (AvgIpc) is 2.50. The number of ether oxygens (including phenoxy) is 1. The molecule has 0 bridgehead atoms. The number of aromatic nitrogens is 1. The molecule has 0 atom stereocenters. The Kier molecular flexibility index (Phi) is 4.05. The third kappa shape index (κ3) is 2.80. The summed E-state index contributed by atoms with van der Waals surface area (Å²) in [5.74, 6) is 0.771. The van der Waals surface area contributed by atoms with Gasteiger partial charge in [-0.25, -0.2) is 9.78 Å². The van der Waals surface area contributed by atoms with Crippen molar-refractivity contribution in [1.29, 1.82) is 0 Å². The van der Waals surface area contributed by atoms with Crippen molar-refractivity contribution in [2.24, 2.45) is 0 Å². The van der Waals surface area contributed by atoms with E-state index in [1.165, 1.54) is 6.07 Å². The maximum absolute atomic E-state index is 12.1. The molecule has 0 unspecified atom stereocenters. The molecule has 3 rings (SSSR count). The Bertz CT molecular complexity index is 906. The minimum absolute atomic E-state index is 0.199. The maximum Gasteiger partial charge on any atom is 0.347 e. The highest BCUT2D eigenvalue weighted by atomic mass is 35.5.